The zero-order valence-electron chi connectivity index (χ0n) is 24.3. The average molecular weight is 576 g/mol. The molecule has 2 amide bonds. The largest absolute Gasteiger partial charge is 0.497 e. The van der Waals surface area contributed by atoms with Crippen molar-refractivity contribution in [1.29, 1.82) is 0 Å². The lowest BCUT2D eigenvalue weighted by Crippen LogP contribution is -2.51. The lowest BCUT2D eigenvalue weighted by atomic mass is 9.99. The van der Waals surface area contributed by atoms with Gasteiger partial charge in [-0.25, -0.2) is 8.42 Å². The van der Waals surface area contributed by atoms with Gasteiger partial charge in [-0.1, -0.05) is 56.3 Å². The van der Waals surface area contributed by atoms with E-state index in [1.807, 2.05) is 68.4 Å². The molecule has 222 valence electrons. The number of amides is 2. The molecule has 0 aliphatic rings. The fourth-order valence-corrected chi connectivity index (χ4v) is 6.05. The van der Waals surface area contributed by atoms with E-state index in [4.69, 9.17) is 4.74 Å². The minimum Gasteiger partial charge on any atom is -0.497 e. The topological polar surface area (TPSA) is 125 Å². The number of carbonyl (C=O) groups is 2. The van der Waals surface area contributed by atoms with Crippen LogP contribution in [0.4, 0.5) is 0 Å². The van der Waals surface area contributed by atoms with Crippen molar-refractivity contribution in [3.63, 3.8) is 0 Å². The summed E-state index contributed by atoms with van der Waals surface area (Å²) in [6.45, 7) is 4.54. The maximum Gasteiger partial charge on any atom is 0.224 e. The molecule has 40 heavy (non-hydrogen) atoms. The van der Waals surface area contributed by atoms with Gasteiger partial charge >= 0.3 is 0 Å². The molecule has 0 aromatic heterocycles. The highest BCUT2D eigenvalue weighted by atomic mass is 32.2. The molecule has 2 rings (SSSR count). The number of nitrogens with one attached hydrogen (secondary N) is 2. The molecule has 3 atom stereocenters. The molecule has 0 saturated heterocycles. The molecule has 0 heterocycles. The predicted octanol–water partition coefficient (Wildman–Crippen LogP) is 2.43. The van der Waals surface area contributed by atoms with Crippen LogP contribution in [0, 0.1) is 11.8 Å². The molecule has 0 aliphatic heterocycles. The van der Waals surface area contributed by atoms with Crippen LogP contribution in [-0.2, 0) is 32.4 Å². The smallest absolute Gasteiger partial charge is 0.224 e. The molecule has 0 fully saturated rings. The Balaban J connectivity index is 2.18. The highest BCUT2D eigenvalue weighted by Gasteiger charge is 2.31. The highest BCUT2D eigenvalue weighted by Crippen LogP contribution is 2.16. The van der Waals surface area contributed by atoms with Crippen LogP contribution < -0.4 is 15.4 Å². The molecular formula is C30H45N3O6S. The molecule has 0 spiro atoms. The predicted molar refractivity (Wildman–Crippen MR) is 158 cm³/mol. The van der Waals surface area contributed by atoms with Gasteiger partial charge in [0.15, 0.2) is 9.84 Å². The third-order valence-electron chi connectivity index (χ3n) is 6.66. The standard InChI is InChI=1S/C30H45N3O6S/c1-22(2)14-15-40(37,38)21-25(18-29(35)33(3)4)30(36)32-27(17-23-10-7-6-8-11-23)28(34)20-31-19-24-12-9-13-26(16-24)39-5/h6-13,16,22,25,27-28,31,34H,14-15,17-21H2,1-5H3,(H,32,36)/t25?,27-,28+/m0/s1. The monoisotopic (exact) mass is 575 g/mol. The van der Waals surface area contributed by atoms with Crippen LogP contribution in [0.1, 0.15) is 37.8 Å². The van der Waals surface area contributed by atoms with E-state index in [9.17, 15) is 23.1 Å². The molecule has 0 aliphatic carbocycles. The number of aliphatic hydroxyl groups excluding tert-OH is 1. The fourth-order valence-electron chi connectivity index (χ4n) is 4.17. The number of carbonyl (C=O) groups excluding carboxylic acids is 2. The molecule has 2 aromatic carbocycles. The van der Waals surface area contributed by atoms with Gasteiger partial charge in [-0.3, -0.25) is 9.59 Å². The van der Waals surface area contributed by atoms with Gasteiger partial charge in [-0.15, -0.1) is 0 Å². The first-order chi connectivity index (χ1) is 18.9. The van der Waals surface area contributed by atoms with Crippen molar-refractivity contribution in [1.82, 2.24) is 15.5 Å². The Morgan fingerprint density at radius 3 is 2.33 bits per heavy atom. The van der Waals surface area contributed by atoms with E-state index in [1.54, 1.807) is 21.2 Å². The number of benzene rings is 2. The highest BCUT2D eigenvalue weighted by molar-refractivity contribution is 7.91. The van der Waals surface area contributed by atoms with E-state index in [1.165, 1.54) is 4.90 Å². The molecule has 0 radical (unpaired) electrons. The van der Waals surface area contributed by atoms with Crippen LogP contribution >= 0.6 is 0 Å². The first kappa shape index (κ1) is 33.3. The van der Waals surface area contributed by atoms with Gasteiger partial charge in [-0.2, -0.15) is 0 Å². The summed E-state index contributed by atoms with van der Waals surface area (Å²) in [5, 5.41) is 17.2. The molecule has 2 aromatic rings. The zero-order valence-corrected chi connectivity index (χ0v) is 25.1. The Labute approximate surface area is 239 Å². The molecular weight excluding hydrogens is 530 g/mol. The van der Waals surface area contributed by atoms with Crippen molar-refractivity contribution in [2.75, 3.05) is 39.3 Å². The average Bonchev–Trinajstić information content (AvgIpc) is 2.91. The van der Waals surface area contributed by atoms with E-state index in [2.05, 4.69) is 10.6 Å². The summed E-state index contributed by atoms with van der Waals surface area (Å²) in [4.78, 5) is 27.4. The van der Waals surface area contributed by atoms with E-state index in [0.717, 1.165) is 16.9 Å². The molecule has 0 saturated carbocycles. The van der Waals surface area contributed by atoms with Crippen molar-refractivity contribution in [3.05, 3.63) is 65.7 Å². The first-order valence-electron chi connectivity index (χ1n) is 13.7. The van der Waals surface area contributed by atoms with Crippen molar-refractivity contribution in [2.24, 2.45) is 11.8 Å². The van der Waals surface area contributed by atoms with Gasteiger partial charge in [-0.05, 0) is 42.0 Å². The van der Waals surface area contributed by atoms with Crippen LogP contribution in [0.15, 0.2) is 54.6 Å². The maximum atomic E-state index is 13.5. The van der Waals surface area contributed by atoms with Crippen molar-refractivity contribution < 1.29 is 27.9 Å². The third-order valence-corrected chi connectivity index (χ3v) is 8.43. The zero-order chi connectivity index (χ0) is 29.7. The molecule has 3 N–H and O–H groups in total. The summed E-state index contributed by atoms with van der Waals surface area (Å²) >= 11 is 0. The van der Waals surface area contributed by atoms with Crippen LogP contribution in [0.25, 0.3) is 0 Å². The van der Waals surface area contributed by atoms with Crippen LogP contribution in [0.5, 0.6) is 5.75 Å². The summed E-state index contributed by atoms with van der Waals surface area (Å²) < 4.78 is 31.0. The van der Waals surface area contributed by atoms with Crippen LogP contribution in [0.2, 0.25) is 0 Å². The minimum atomic E-state index is -3.57. The van der Waals surface area contributed by atoms with E-state index in [0.29, 0.717) is 19.4 Å². The second kappa shape index (κ2) is 16.3. The first-order valence-corrected chi connectivity index (χ1v) is 15.5. The SMILES string of the molecule is COc1cccc(CNC[C@@H](O)[C@H](Cc2ccccc2)NC(=O)C(CC(=O)N(C)C)CS(=O)(=O)CCC(C)C)c1. The summed E-state index contributed by atoms with van der Waals surface area (Å²) in [5.74, 6) is -1.50. The van der Waals surface area contributed by atoms with Crippen LogP contribution in [0.3, 0.4) is 0 Å². The minimum absolute atomic E-state index is 0.0468. The van der Waals surface area contributed by atoms with Crippen molar-refractivity contribution >= 4 is 21.7 Å². The second-order valence-corrected chi connectivity index (χ2v) is 13.1. The number of methoxy groups -OCH3 is 1. The van der Waals surface area contributed by atoms with Crippen LogP contribution in [-0.4, -0.2) is 81.6 Å². The Kier molecular flexibility index (Phi) is 13.6. The molecule has 10 heteroatoms. The van der Waals surface area contributed by atoms with Gasteiger partial charge in [0.1, 0.15) is 5.75 Å². The number of sulfone groups is 1. The van der Waals surface area contributed by atoms with Gasteiger partial charge in [0.25, 0.3) is 0 Å². The third kappa shape index (κ3) is 12.1. The number of rotatable bonds is 17. The van der Waals surface area contributed by atoms with E-state index >= 15 is 0 Å². The molecule has 1 unspecified atom stereocenters. The van der Waals surface area contributed by atoms with Crippen molar-refractivity contribution in [3.8, 4) is 5.75 Å². The number of ether oxygens (including phenoxy) is 1. The summed E-state index contributed by atoms with van der Waals surface area (Å²) in [7, 11) is 1.16. The Morgan fingerprint density at radius 2 is 1.70 bits per heavy atom. The number of hydrogen-bond acceptors (Lipinski definition) is 7. The van der Waals surface area contributed by atoms with Gasteiger partial charge in [0, 0.05) is 33.6 Å². The number of nitrogens with zero attached hydrogens (tertiary/aromatic N) is 1. The van der Waals surface area contributed by atoms with Gasteiger partial charge in [0.2, 0.25) is 11.8 Å². The quantitative estimate of drug-likeness (QED) is 0.265. The fraction of sp³-hybridized carbons (Fsp3) is 0.533. The summed E-state index contributed by atoms with van der Waals surface area (Å²) in [6.07, 6.45) is -0.394. The lowest BCUT2D eigenvalue weighted by molar-refractivity contribution is -0.134. The second-order valence-electron chi connectivity index (χ2n) is 10.8. The number of aliphatic hydroxyl groups is 1. The summed E-state index contributed by atoms with van der Waals surface area (Å²) in [5.41, 5.74) is 1.88. The summed E-state index contributed by atoms with van der Waals surface area (Å²) in [6, 6.07) is 16.3. The lowest BCUT2D eigenvalue weighted by Gasteiger charge is -2.27. The Morgan fingerprint density at radius 1 is 1.02 bits per heavy atom. The van der Waals surface area contributed by atoms with Gasteiger partial charge in [0.05, 0.1) is 36.7 Å². The van der Waals surface area contributed by atoms with Crippen molar-refractivity contribution in [2.45, 2.75) is 51.8 Å². The maximum absolute atomic E-state index is 13.5. The van der Waals surface area contributed by atoms with E-state index < -0.39 is 39.6 Å². The Hall–Kier alpha value is -2.95. The van der Waals surface area contributed by atoms with Gasteiger partial charge < -0.3 is 25.4 Å². The molecule has 0 bridgehead atoms. The Bertz CT molecular complexity index is 1170. The van der Waals surface area contributed by atoms with E-state index in [-0.39, 0.29) is 30.5 Å². The normalized spacial score (nSPS) is 13.9. The molecule has 9 nitrogen and oxygen atoms in total. The number of hydrogen-bond donors (Lipinski definition) is 3.